The summed E-state index contributed by atoms with van der Waals surface area (Å²) in [4.78, 5) is 35.0. The van der Waals surface area contributed by atoms with Crippen LogP contribution < -0.4 is 22.1 Å². The van der Waals surface area contributed by atoms with Gasteiger partial charge in [-0.25, -0.2) is 4.79 Å². The van der Waals surface area contributed by atoms with Crippen LogP contribution in [0.4, 0.5) is 0 Å². The van der Waals surface area contributed by atoms with Crippen molar-refractivity contribution >= 4 is 17.8 Å². The number of carbonyl (C=O) groups is 3. The first-order valence-electron chi connectivity index (χ1n) is 8.37. The minimum atomic E-state index is -1.20. The van der Waals surface area contributed by atoms with Gasteiger partial charge in [-0.15, -0.1) is 0 Å². The molecule has 2 unspecified atom stereocenters. The third-order valence-electron chi connectivity index (χ3n) is 3.74. The zero-order chi connectivity index (χ0) is 19.5. The molecule has 0 fully saturated rings. The molecule has 2 amide bonds. The van der Waals surface area contributed by atoms with Gasteiger partial charge in [0.05, 0.1) is 12.6 Å². The van der Waals surface area contributed by atoms with E-state index in [1.165, 1.54) is 12.1 Å². The number of phenolic OH excluding ortho intramolecular Hbond substituents is 1. The lowest BCUT2D eigenvalue weighted by Crippen LogP contribution is -2.49. The molecule has 1 rings (SSSR count). The lowest BCUT2D eigenvalue weighted by molar-refractivity contribution is -0.141. The Labute approximate surface area is 151 Å². The van der Waals surface area contributed by atoms with E-state index in [-0.39, 0.29) is 18.7 Å². The Morgan fingerprint density at radius 1 is 1.12 bits per heavy atom. The maximum atomic E-state index is 11.9. The smallest absolute Gasteiger partial charge is 0.326 e. The summed E-state index contributed by atoms with van der Waals surface area (Å²) in [5, 5.41) is 23.2. The number of phenols is 1. The highest BCUT2D eigenvalue weighted by Crippen LogP contribution is 2.11. The molecule has 9 heteroatoms. The average molecular weight is 366 g/mol. The molecule has 0 radical (unpaired) electrons. The molecule has 26 heavy (non-hydrogen) atoms. The van der Waals surface area contributed by atoms with Crippen molar-refractivity contribution in [2.24, 2.45) is 11.5 Å². The zero-order valence-corrected chi connectivity index (χ0v) is 14.5. The lowest BCUT2D eigenvalue weighted by atomic mass is 10.1. The highest BCUT2D eigenvalue weighted by molar-refractivity contribution is 5.89. The Kier molecular flexibility index (Phi) is 9.10. The van der Waals surface area contributed by atoms with Crippen LogP contribution in [0.15, 0.2) is 24.3 Å². The summed E-state index contributed by atoms with van der Waals surface area (Å²) in [7, 11) is 0. The fraction of sp³-hybridized carbons (Fsp3) is 0.471. The predicted molar refractivity (Wildman–Crippen MR) is 95.3 cm³/mol. The van der Waals surface area contributed by atoms with E-state index >= 15 is 0 Å². The molecule has 9 nitrogen and oxygen atoms in total. The molecule has 0 saturated heterocycles. The number of carbonyl (C=O) groups excluding carboxylic acids is 2. The summed E-state index contributed by atoms with van der Waals surface area (Å²) < 4.78 is 0. The number of carboxylic acid groups (broad SMARTS) is 1. The van der Waals surface area contributed by atoms with E-state index in [0.717, 1.165) is 6.42 Å². The Morgan fingerprint density at radius 3 is 2.35 bits per heavy atom. The van der Waals surface area contributed by atoms with Crippen molar-refractivity contribution in [1.82, 2.24) is 10.6 Å². The van der Waals surface area contributed by atoms with Crippen LogP contribution in [-0.4, -0.2) is 53.2 Å². The van der Waals surface area contributed by atoms with Gasteiger partial charge in [0.15, 0.2) is 0 Å². The van der Waals surface area contributed by atoms with Crippen molar-refractivity contribution in [3.8, 4) is 5.75 Å². The fourth-order valence-electron chi connectivity index (χ4n) is 2.25. The number of rotatable bonds is 11. The van der Waals surface area contributed by atoms with Gasteiger partial charge in [0.1, 0.15) is 11.8 Å². The van der Waals surface area contributed by atoms with Crippen molar-refractivity contribution in [3.63, 3.8) is 0 Å². The molecule has 1 aromatic rings. The molecule has 2 atom stereocenters. The molecule has 0 aliphatic heterocycles. The number of carboxylic acids is 1. The van der Waals surface area contributed by atoms with E-state index in [9.17, 15) is 24.6 Å². The molecule has 0 aliphatic rings. The van der Waals surface area contributed by atoms with Crippen LogP contribution in [0.25, 0.3) is 0 Å². The maximum Gasteiger partial charge on any atom is 0.326 e. The number of aliphatic carboxylic acids is 1. The number of hydrogen-bond acceptors (Lipinski definition) is 6. The second-order valence-electron chi connectivity index (χ2n) is 5.94. The van der Waals surface area contributed by atoms with Crippen LogP contribution in [0.1, 0.15) is 24.8 Å². The van der Waals surface area contributed by atoms with Crippen LogP contribution in [0.3, 0.4) is 0 Å². The fourth-order valence-corrected chi connectivity index (χ4v) is 2.25. The summed E-state index contributed by atoms with van der Waals surface area (Å²) in [6, 6.07) is 4.12. The molecule has 8 N–H and O–H groups in total. The van der Waals surface area contributed by atoms with Gasteiger partial charge < -0.3 is 32.3 Å². The Morgan fingerprint density at radius 2 is 1.77 bits per heavy atom. The molecule has 0 bridgehead atoms. The number of nitrogens with two attached hydrogens (primary N) is 2. The second-order valence-corrected chi connectivity index (χ2v) is 5.94. The standard InChI is InChI=1S/C17H26N4O5/c18-8-2-1-3-13(19)16(24)20-10-15(23)21-14(17(25)26)9-11-4-6-12(22)7-5-11/h4-7,13-14,22H,1-3,8-10,18-19H2,(H,20,24)(H,21,23)(H,25,26). The summed E-state index contributed by atoms with van der Waals surface area (Å²) in [5.74, 6) is -2.23. The zero-order valence-electron chi connectivity index (χ0n) is 14.5. The van der Waals surface area contributed by atoms with Gasteiger partial charge in [-0.3, -0.25) is 9.59 Å². The van der Waals surface area contributed by atoms with Gasteiger partial charge in [-0.1, -0.05) is 18.6 Å². The predicted octanol–water partition coefficient (Wildman–Crippen LogP) is -0.923. The molecule has 1 aromatic carbocycles. The number of hydrogen-bond donors (Lipinski definition) is 6. The molecule has 0 spiro atoms. The van der Waals surface area contributed by atoms with Gasteiger partial charge in [0.25, 0.3) is 0 Å². The minimum absolute atomic E-state index is 0.0495. The topological polar surface area (TPSA) is 168 Å². The van der Waals surface area contributed by atoms with Crippen LogP contribution in [0, 0.1) is 0 Å². The summed E-state index contributed by atoms with van der Waals surface area (Å²) in [6.45, 7) is 0.164. The van der Waals surface area contributed by atoms with Crippen molar-refractivity contribution in [2.45, 2.75) is 37.8 Å². The minimum Gasteiger partial charge on any atom is -0.508 e. The SMILES string of the molecule is NCCCCC(N)C(=O)NCC(=O)NC(Cc1ccc(O)cc1)C(=O)O. The van der Waals surface area contributed by atoms with Crippen LogP contribution in [0.2, 0.25) is 0 Å². The highest BCUT2D eigenvalue weighted by atomic mass is 16.4. The number of aromatic hydroxyl groups is 1. The number of benzene rings is 1. The van der Waals surface area contributed by atoms with E-state index in [0.29, 0.717) is 24.9 Å². The van der Waals surface area contributed by atoms with E-state index in [4.69, 9.17) is 11.5 Å². The monoisotopic (exact) mass is 366 g/mol. The van der Waals surface area contributed by atoms with Gasteiger partial charge >= 0.3 is 5.97 Å². The van der Waals surface area contributed by atoms with E-state index < -0.39 is 29.9 Å². The summed E-state index contributed by atoms with van der Waals surface area (Å²) in [6.07, 6.45) is 1.99. The first-order valence-corrected chi connectivity index (χ1v) is 8.37. The lowest BCUT2D eigenvalue weighted by Gasteiger charge is -2.16. The largest absolute Gasteiger partial charge is 0.508 e. The molecule has 0 saturated carbocycles. The van der Waals surface area contributed by atoms with Crippen molar-refractivity contribution in [2.75, 3.05) is 13.1 Å². The molecule has 0 heterocycles. The van der Waals surface area contributed by atoms with Gasteiger partial charge in [-0.2, -0.15) is 0 Å². The van der Waals surface area contributed by atoms with Crippen LogP contribution >= 0.6 is 0 Å². The van der Waals surface area contributed by atoms with Crippen molar-refractivity contribution in [3.05, 3.63) is 29.8 Å². The quantitative estimate of drug-likeness (QED) is 0.275. The second kappa shape index (κ2) is 11.1. The van der Waals surface area contributed by atoms with E-state index in [2.05, 4.69) is 10.6 Å². The first-order chi connectivity index (χ1) is 12.3. The number of unbranched alkanes of at least 4 members (excludes halogenated alkanes) is 1. The molecular formula is C17H26N4O5. The summed E-state index contributed by atoms with van der Waals surface area (Å²) >= 11 is 0. The third-order valence-corrected chi connectivity index (χ3v) is 3.74. The number of nitrogens with one attached hydrogen (secondary N) is 2. The Balaban J connectivity index is 2.46. The van der Waals surface area contributed by atoms with Crippen molar-refractivity contribution < 1.29 is 24.6 Å². The maximum absolute atomic E-state index is 11.9. The third kappa shape index (κ3) is 7.95. The van der Waals surface area contributed by atoms with Crippen molar-refractivity contribution in [1.29, 1.82) is 0 Å². The Hall–Kier alpha value is -2.65. The van der Waals surface area contributed by atoms with Gasteiger partial charge in [0, 0.05) is 6.42 Å². The Bertz CT molecular complexity index is 606. The van der Waals surface area contributed by atoms with E-state index in [1.54, 1.807) is 12.1 Å². The van der Waals surface area contributed by atoms with E-state index in [1.807, 2.05) is 0 Å². The average Bonchev–Trinajstić information content (AvgIpc) is 2.60. The normalized spacial score (nSPS) is 12.8. The highest BCUT2D eigenvalue weighted by Gasteiger charge is 2.21. The molecule has 0 aromatic heterocycles. The van der Waals surface area contributed by atoms with Crippen LogP contribution in [0.5, 0.6) is 5.75 Å². The molecule has 0 aliphatic carbocycles. The van der Waals surface area contributed by atoms with Crippen LogP contribution in [-0.2, 0) is 20.8 Å². The number of amides is 2. The first kappa shape index (κ1) is 21.4. The molecule has 144 valence electrons. The van der Waals surface area contributed by atoms with Gasteiger partial charge in [-0.05, 0) is 37.1 Å². The summed E-state index contributed by atoms with van der Waals surface area (Å²) in [5.41, 5.74) is 11.7. The molecular weight excluding hydrogens is 340 g/mol. The van der Waals surface area contributed by atoms with Gasteiger partial charge in [0.2, 0.25) is 11.8 Å².